The zero-order valence-electron chi connectivity index (χ0n) is 17.4. The van der Waals surface area contributed by atoms with E-state index in [1.54, 1.807) is 0 Å². The molecule has 2 N–H and O–H groups in total. The summed E-state index contributed by atoms with van der Waals surface area (Å²) in [5.74, 6) is -0.201. The second kappa shape index (κ2) is 14.1. The molecule has 4 nitrogen and oxygen atoms in total. The normalized spacial score (nSPS) is 9.52. The maximum atomic E-state index is 12.6. The van der Waals surface area contributed by atoms with Gasteiger partial charge < -0.3 is 34.0 Å². The largest absolute Gasteiger partial charge is 1.00 e. The fourth-order valence-electron chi connectivity index (χ4n) is 3.12. The van der Waals surface area contributed by atoms with Crippen LogP contribution in [0.1, 0.15) is 69.7 Å². The number of carbonyl (C=O) groups excluding carboxylic acids is 2. The number of rotatable bonds is 8. The summed E-state index contributed by atoms with van der Waals surface area (Å²) in [4.78, 5) is 25.1. The van der Waals surface area contributed by atoms with Gasteiger partial charge in [0.05, 0.1) is 0 Å². The van der Waals surface area contributed by atoms with Crippen LogP contribution in [0, 0.1) is 13.8 Å². The molecule has 2 amide bonds. The predicted octanol–water partition coefficient (Wildman–Crippen LogP) is -1.71. The molecule has 2 aromatic carbocycles. The van der Waals surface area contributed by atoms with Crippen LogP contribution in [0.25, 0.3) is 0 Å². The topological polar surface area (TPSA) is 58.2 Å². The molecular formula is C22H28Br2N2O2Ti. The summed E-state index contributed by atoms with van der Waals surface area (Å²) in [7, 11) is 0. The molecule has 2 rings (SSSR count). The van der Waals surface area contributed by atoms with Crippen molar-refractivity contribution in [3.05, 3.63) is 69.8 Å². The van der Waals surface area contributed by atoms with E-state index in [2.05, 4.69) is 33.6 Å². The van der Waals surface area contributed by atoms with Crippen molar-refractivity contribution in [2.45, 2.75) is 53.4 Å². The Morgan fingerprint density at radius 1 is 0.759 bits per heavy atom. The van der Waals surface area contributed by atoms with Crippen molar-refractivity contribution in [3.8, 4) is 0 Å². The molecule has 0 saturated heterocycles. The second-order valence-electron chi connectivity index (χ2n) is 6.85. The van der Waals surface area contributed by atoms with Crippen LogP contribution >= 0.6 is 0 Å². The monoisotopic (exact) mass is 558 g/mol. The minimum absolute atomic E-state index is 0. The molecule has 0 aliphatic rings. The van der Waals surface area contributed by atoms with Crippen LogP contribution in [0.2, 0.25) is 0 Å². The van der Waals surface area contributed by atoms with Gasteiger partial charge in [-0.25, -0.2) is 0 Å². The molecular weight excluding hydrogens is 532 g/mol. The van der Waals surface area contributed by atoms with E-state index in [1.807, 2.05) is 38.1 Å². The van der Waals surface area contributed by atoms with Crippen LogP contribution in [-0.2, 0) is 32.5 Å². The van der Waals surface area contributed by atoms with Gasteiger partial charge in [0.2, 0.25) is 0 Å². The van der Waals surface area contributed by atoms with E-state index >= 15 is 0 Å². The zero-order chi connectivity index (χ0) is 19.8. The molecule has 0 bridgehead atoms. The van der Waals surface area contributed by atoms with E-state index in [-0.39, 0.29) is 45.8 Å². The number of halogens is 2. The molecule has 7 heteroatoms. The maximum absolute atomic E-state index is 12.6. The van der Waals surface area contributed by atoms with Crippen molar-refractivity contribution in [1.29, 1.82) is 0 Å². The van der Waals surface area contributed by atoms with Crippen LogP contribution in [0.4, 0.5) is 0 Å². The number of carbonyl (C=O) groups is 2. The van der Waals surface area contributed by atoms with Crippen molar-refractivity contribution >= 4 is 11.8 Å². The Morgan fingerprint density at radius 3 is 1.48 bits per heavy atom. The molecule has 29 heavy (non-hydrogen) atoms. The summed E-state index contributed by atoms with van der Waals surface area (Å²) in [6.07, 6.45) is 3.73. The standard InChI is InChI=1S/2C11H15NO.2BrH.Ti/c2*1-3-4-9-7-8(2)5-6-10(9)11(12)13;;;/h2*5-7H,3-4H2,1-2H3,(H2,12,13);2*1H;/q;;;;+4/p-4. The number of hydrogen-bond acceptors (Lipinski definition) is 2. The SMILES string of the molecule is CCCc1cc(C)ccc1C(=O)[NH][Ti+2][NH]C(=O)c1ccc(C)cc1CCC.[Br-].[Br-]. The van der Waals surface area contributed by atoms with Gasteiger partial charge in [-0.2, -0.15) is 0 Å². The third kappa shape index (κ3) is 8.37. The number of amides is 2. The summed E-state index contributed by atoms with van der Waals surface area (Å²) >= 11 is -1.11. The molecule has 0 heterocycles. The molecule has 156 valence electrons. The Bertz CT molecular complexity index is 761. The van der Waals surface area contributed by atoms with E-state index in [1.165, 1.54) is 0 Å². The van der Waals surface area contributed by atoms with Crippen molar-refractivity contribution in [3.63, 3.8) is 0 Å². The number of nitrogens with one attached hydrogen (secondary N) is 2. The van der Waals surface area contributed by atoms with Gasteiger partial charge in [-0.1, -0.05) is 0 Å². The van der Waals surface area contributed by atoms with E-state index in [9.17, 15) is 9.59 Å². The molecule has 0 unspecified atom stereocenters. The first-order valence-corrected chi connectivity index (χ1v) is 11.1. The van der Waals surface area contributed by atoms with E-state index < -0.39 is 19.7 Å². The fraction of sp³-hybridized carbons (Fsp3) is 0.364. The molecule has 0 spiro atoms. The van der Waals surface area contributed by atoms with Crippen molar-refractivity contribution in [2.24, 2.45) is 0 Å². The molecule has 0 aliphatic heterocycles. The molecule has 0 aliphatic carbocycles. The summed E-state index contributed by atoms with van der Waals surface area (Å²) < 4.78 is 5.87. The Kier molecular flexibility index (Phi) is 13.7. The van der Waals surface area contributed by atoms with Gasteiger partial charge in [-0.05, 0) is 0 Å². The predicted molar refractivity (Wildman–Crippen MR) is 105 cm³/mol. The van der Waals surface area contributed by atoms with Crippen LogP contribution < -0.4 is 41.6 Å². The Balaban J connectivity index is 0.00000392. The number of benzene rings is 2. The fourth-order valence-corrected chi connectivity index (χ4v) is 3.99. The quantitative estimate of drug-likeness (QED) is 0.379. The average Bonchev–Trinajstić information content (AvgIpc) is 2.62. The Morgan fingerprint density at radius 2 is 1.14 bits per heavy atom. The van der Waals surface area contributed by atoms with Gasteiger partial charge in [-0.15, -0.1) is 0 Å². The van der Waals surface area contributed by atoms with E-state index in [0.29, 0.717) is 11.1 Å². The average molecular weight is 560 g/mol. The van der Waals surface area contributed by atoms with Crippen molar-refractivity contribution in [1.82, 2.24) is 7.60 Å². The molecule has 0 atom stereocenters. The van der Waals surface area contributed by atoms with Crippen molar-refractivity contribution < 1.29 is 63.2 Å². The van der Waals surface area contributed by atoms with Gasteiger partial charge in [-0.3, -0.25) is 0 Å². The minimum Gasteiger partial charge on any atom is -1.00 e. The van der Waals surface area contributed by atoms with Gasteiger partial charge >= 0.3 is 172 Å². The Hall–Kier alpha value is -0.946. The summed E-state index contributed by atoms with van der Waals surface area (Å²) in [6, 6.07) is 11.8. The summed E-state index contributed by atoms with van der Waals surface area (Å²) in [6.45, 7) is 8.27. The molecule has 0 aromatic heterocycles. The maximum Gasteiger partial charge on any atom is -1.00 e. The molecule has 0 fully saturated rings. The zero-order valence-corrected chi connectivity index (χ0v) is 22.1. The second-order valence-corrected chi connectivity index (χ2v) is 8.03. The van der Waals surface area contributed by atoms with E-state index in [4.69, 9.17) is 0 Å². The molecule has 2 aromatic rings. The van der Waals surface area contributed by atoms with Crippen LogP contribution in [0.15, 0.2) is 36.4 Å². The smallest absolute Gasteiger partial charge is 1.00 e. The van der Waals surface area contributed by atoms with Crippen LogP contribution in [0.3, 0.4) is 0 Å². The molecule has 0 saturated carbocycles. The third-order valence-electron chi connectivity index (χ3n) is 4.40. The van der Waals surface area contributed by atoms with Gasteiger partial charge in [0.25, 0.3) is 0 Å². The van der Waals surface area contributed by atoms with Crippen LogP contribution in [-0.4, -0.2) is 11.8 Å². The first-order valence-electron chi connectivity index (χ1n) is 9.51. The Labute approximate surface area is 204 Å². The number of aryl methyl sites for hydroxylation is 4. The molecule has 0 radical (unpaired) electrons. The van der Waals surface area contributed by atoms with E-state index in [0.717, 1.165) is 47.9 Å². The third-order valence-corrected chi connectivity index (χ3v) is 5.50. The first-order chi connectivity index (χ1) is 13.0. The first kappa shape index (κ1) is 28.1. The van der Waals surface area contributed by atoms with Crippen molar-refractivity contribution in [2.75, 3.05) is 0 Å². The summed E-state index contributed by atoms with van der Waals surface area (Å²) in [5, 5.41) is 0. The minimum atomic E-state index is -1.11. The number of hydrogen-bond donors (Lipinski definition) is 2. The van der Waals surface area contributed by atoms with Gasteiger partial charge in [0.1, 0.15) is 0 Å². The van der Waals surface area contributed by atoms with Gasteiger partial charge in [0.15, 0.2) is 0 Å². The van der Waals surface area contributed by atoms with Crippen LogP contribution in [0.5, 0.6) is 0 Å². The van der Waals surface area contributed by atoms with Gasteiger partial charge in [0, 0.05) is 0 Å². The summed E-state index contributed by atoms with van der Waals surface area (Å²) in [5.41, 5.74) is 5.86.